The van der Waals surface area contributed by atoms with Crippen LogP contribution in [-0.2, 0) is 23.7 Å². The van der Waals surface area contributed by atoms with Gasteiger partial charge in [0.25, 0.3) is 0 Å². The molecule has 1 rings (SSSR count). The van der Waals surface area contributed by atoms with Crippen molar-refractivity contribution in [3.05, 3.63) is 85.1 Å². The molecule has 0 saturated carbocycles. The molecule has 9 nitrogen and oxygen atoms in total. The monoisotopic (exact) mass is 759 g/mol. The maximum absolute atomic E-state index is 12.7. The van der Waals surface area contributed by atoms with Crippen molar-refractivity contribution in [1.82, 2.24) is 0 Å². The molecule has 1 fully saturated rings. The largest absolute Gasteiger partial charge is 0.457 e. The van der Waals surface area contributed by atoms with Crippen molar-refractivity contribution in [2.45, 2.75) is 166 Å². The zero-order valence-corrected chi connectivity index (χ0v) is 33.4. The van der Waals surface area contributed by atoms with Crippen LogP contribution >= 0.6 is 0 Å². The van der Waals surface area contributed by atoms with Gasteiger partial charge in [-0.15, -0.1) is 0 Å². The molecule has 0 aliphatic carbocycles. The summed E-state index contributed by atoms with van der Waals surface area (Å²) in [4.78, 5) is 12.7. The number of esters is 1. The number of unbranched alkanes of at least 4 members (excludes halogenated alkanes) is 8. The molecule has 0 amide bonds. The standard InChI is InChI=1S/C45H74O9/c1-3-5-7-9-11-13-15-17-19-20-21-22-24-26-28-30-32-34-41(47)53-39(38-52-45-44(50)43(49)42(48)40(36-46)54-45)37-51-35-33-31-29-27-25-23-18-16-14-12-10-8-6-4-2/h5-8,11-14,17-19,23,27,29,39-40,42-46,48-50H,3-4,9-10,15-16,20-22,24-26,28,30-38H2,1-2H3/b7-5-,8-6-,13-11-,14-12-,19-17-,23-18-,29-27-. The lowest BCUT2D eigenvalue weighted by Crippen LogP contribution is -2.59. The predicted molar refractivity (Wildman–Crippen MR) is 219 cm³/mol. The fourth-order valence-corrected chi connectivity index (χ4v) is 5.63. The number of allylic oxidation sites excluding steroid dienone is 14. The highest BCUT2D eigenvalue weighted by Gasteiger charge is 2.44. The Kier molecular flexibility index (Phi) is 33.0. The van der Waals surface area contributed by atoms with Crippen molar-refractivity contribution >= 4 is 5.97 Å². The van der Waals surface area contributed by atoms with Crippen molar-refractivity contribution in [1.29, 1.82) is 0 Å². The predicted octanol–water partition coefficient (Wildman–Crippen LogP) is 8.69. The number of aliphatic hydroxyl groups excluding tert-OH is 4. The van der Waals surface area contributed by atoms with Gasteiger partial charge in [-0.1, -0.05) is 131 Å². The smallest absolute Gasteiger partial charge is 0.306 e. The lowest BCUT2D eigenvalue weighted by molar-refractivity contribution is -0.305. The van der Waals surface area contributed by atoms with Crippen LogP contribution in [-0.4, -0.2) is 89.6 Å². The Morgan fingerprint density at radius 1 is 0.593 bits per heavy atom. The zero-order chi connectivity index (χ0) is 39.3. The van der Waals surface area contributed by atoms with Gasteiger partial charge in [-0.25, -0.2) is 0 Å². The Morgan fingerprint density at radius 2 is 1.07 bits per heavy atom. The molecule has 0 aromatic carbocycles. The van der Waals surface area contributed by atoms with Crippen molar-refractivity contribution in [2.24, 2.45) is 0 Å². The van der Waals surface area contributed by atoms with E-state index in [9.17, 15) is 25.2 Å². The number of hydrogen-bond acceptors (Lipinski definition) is 9. The molecule has 0 aromatic heterocycles. The molecule has 308 valence electrons. The van der Waals surface area contributed by atoms with E-state index >= 15 is 0 Å². The fraction of sp³-hybridized carbons (Fsp3) is 0.667. The second-order valence-corrected chi connectivity index (χ2v) is 13.7. The van der Waals surface area contributed by atoms with Crippen molar-refractivity contribution in [3.63, 3.8) is 0 Å². The summed E-state index contributed by atoms with van der Waals surface area (Å²) in [7, 11) is 0. The van der Waals surface area contributed by atoms with E-state index in [1.807, 2.05) is 0 Å². The van der Waals surface area contributed by atoms with E-state index in [2.05, 4.69) is 98.9 Å². The summed E-state index contributed by atoms with van der Waals surface area (Å²) >= 11 is 0. The van der Waals surface area contributed by atoms with Crippen molar-refractivity contribution in [3.8, 4) is 0 Å². The number of aliphatic hydroxyl groups is 4. The molecule has 0 spiro atoms. The average molecular weight is 759 g/mol. The van der Waals surface area contributed by atoms with Gasteiger partial charge >= 0.3 is 5.97 Å². The number of rotatable bonds is 33. The highest BCUT2D eigenvalue weighted by molar-refractivity contribution is 5.69. The van der Waals surface area contributed by atoms with Gasteiger partial charge in [0, 0.05) is 13.0 Å². The zero-order valence-electron chi connectivity index (χ0n) is 33.4. The summed E-state index contributed by atoms with van der Waals surface area (Å²) in [5, 5.41) is 40.0. The van der Waals surface area contributed by atoms with Gasteiger partial charge in [-0.05, 0) is 77.0 Å². The normalized spacial score (nSPS) is 21.8. The number of hydrogen-bond donors (Lipinski definition) is 4. The summed E-state index contributed by atoms with van der Waals surface area (Å²) in [5.74, 6) is -0.347. The highest BCUT2D eigenvalue weighted by Crippen LogP contribution is 2.22. The van der Waals surface area contributed by atoms with Crippen molar-refractivity contribution in [2.75, 3.05) is 26.4 Å². The summed E-state index contributed by atoms with van der Waals surface area (Å²) in [6.07, 6.45) is 40.5. The van der Waals surface area contributed by atoms with Gasteiger partial charge in [-0.2, -0.15) is 0 Å². The van der Waals surface area contributed by atoms with Gasteiger partial charge in [0.2, 0.25) is 0 Å². The first-order chi connectivity index (χ1) is 26.4. The minimum Gasteiger partial charge on any atom is -0.457 e. The maximum Gasteiger partial charge on any atom is 0.306 e. The van der Waals surface area contributed by atoms with Crippen LogP contribution in [0.2, 0.25) is 0 Å². The van der Waals surface area contributed by atoms with E-state index < -0.39 is 43.4 Å². The Balaban J connectivity index is 2.35. The lowest BCUT2D eigenvalue weighted by atomic mass is 9.99. The maximum atomic E-state index is 12.7. The fourth-order valence-electron chi connectivity index (χ4n) is 5.63. The van der Waals surface area contributed by atoms with Gasteiger partial charge in [0.05, 0.1) is 19.8 Å². The first-order valence-corrected chi connectivity index (χ1v) is 20.7. The van der Waals surface area contributed by atoms with Gasteiger partial charge in [0.1, 0.15) is 30.5 Å². The minimum atomic E-state index is -1.55. The highest BCUT2D eigenvalue weighted by atomic mass is 16.7. The molecule has 6 unspecified atom stereocenters. The van der Waals surface area contributed by atoms with Gasteiger partial charge in [0.15, 0.2) is 6.29 Å². The molecule has 6 atom stereocenters. The summed E-state index contributed by atoms with van der Waals surface area (Å²) in [5.41, 5.74) is 0. The SMILES string of the molecule is CC/C=C\C/C=C\C/C=C\C/C=C\CCCOCC(COC1OC(CO)C(O)C(O)C1O)OC(=O)CCCCCCCCC/C=C\C/C=C\C/C=C\CC. The quantitative estimate of drug-likeness (QED) is 0.0295. The van der Waals surface area contributed by atoms with Gasteiger partial charge < -0.3 is 39.4 Å². The topological polar surface area (TPSA) is 135 Å². The molecule has 0 aromatic rings. The third-order valence-corrected chi connectivity index (χ3v) is 8.81. The number of carbonyl (C=O) groups excluding carboxylic acids is 1. The summed E-state index contributed by atoms with van der Waals surface area (Å²) in [6, 6.07) is 0. The van der Waals surface area contributed by atoms with Crippen LogP contribution < -0.4 is 0 Å². The van der Waals surface area contributed by atoms with Gasteiger partial charge in [-0.3, -0.25) is 4.79 Å². The molecule has 54 heavy (non-hydrogen) atoms. The Bertz CT molecular complexity index is 1090. The van der Waals surface area contributed by atoms with E-state index in [0.29, 0.717) is 6.61 Å². The van der Waals surface area contributed by atoms with E-state index in [0.717, 1.165) is 89.9 Å². The van der Waals surface area contributed by atoms with Crippen LogP contribution in [0, 0.1) is 0 Å². The van der Waals surface area contributed by atoms with Crippen molar-refractivity contribution < 1.29 is 44.2 Å². The molecule has 0 bridgehead atoms. The molecule has 1 saturated heterocycles. The molecule has 1 aliphatic rings. The van der Waals surface area contributed by atoms with Crippen LogP contribution in [0.25, 0.3) is 0 Å². The third-order valence-electron chi connectivity index (χ3n) is 8.81. The molecule has 9 heteroatoms. The third kappa shape index (κ3) is 27.0. The molecule has 1 heterocycles. The molecule has 1 aliphatic heterocycles. The lowest BCUT2D eigenvalue weighted by Gasteiger charge is -2.39. The summed E-state index contributed by atoms with van der Waals surface area (Å²) < 4.78 is 22.7. The van der Waals surface area contributed by atoms with E-state index in [1.54, 1.807) is 0 Å². The Labute approximate surface area is 327 Å². The molecule has 0 radical (unpaired) electrons. The van der Waals surface area contributed by atoms with Crippen LogP contribution in [0.5, 0.6) is 0 Å². The van der Waals surface area contributed by atoms with E-state index in [-0.39, 0.29) is 25.6 Å². The second-order valence-electron chi connectivity index (χ2n) is 13.7. The Hall–Kier alpha value is -2.63. The first kappa shape index (κ1) is 49.4. The second kappa shape index (κ2) is 36.0. The number of ether oxygens (including phenoxy) is 4. The van der Waals surface area contributed by atoms with Crippen LogP contribution in [0.15, 0.2) is 85.1 Å². The summed E-state index contributed by atoms with van der Waals surface area (Å²) in [6.45, 7) is 4.14. The van der Waals surface area contributed by atoms with E-state index in [1.165, 1.54) is 19.3 Å². The number of carbonyl (C=O) groups is 1. The van der Waals surface area contributed by atoms with E-state index in [4.69, 9.17) is 18.9 Å². The molecular formula is C45H74O9. The Morgan fingerprint density at radius 3 is 1.61 bits per heavy atom. The van der Waals surface area contributed by atoms with Crippen LogP contribution in [0.3, 0.4) is 0 Å². The molecular weight excluding hydrogens is 684 g/mol. The first-order valence-electron chi connectivity index (χ1n) is 20.7. The molecule has 4 N–H and O–H groups in total. The van der Waals surface area contributed by atoms with Crippen LogP contribution in [0.1, 0.15) is 129 Å². The van der Waals surface area contributed by atoms with Crippen LogP contribution in [0.4, 0.5) is 0 Å². The minimum absolute atomic E-state index is 0.0971. The average Bonchev–Trinajstić information content (AvgIpc) is 3.17.